The van der Waals surface area contributed by atoms with Gasteiger partial charge < -0.3 is 4.18 Å². The summed E-state index contributed by atoms with van der Waals surface area (Å²) in [5.41, 5.74) is 2.56. The van der Waals surface area contributed by atoms with E-state index >= 15 is 0 Å². The standard InChI is InChI=1S/C9H12OS/c1-8-5-3-4-6-9(8)7-10-11-2/h3-6H,7H2,1-2H3. The highest BCUT2D eigenvalue weighted by Crippen LogP contribution is 2.10. The lowest BCUT2D eigenvalue weighted by molar-refractivity contribution is 0.365. The van der Waals surface area contributed by atoms with E-state index in [1.807, 2.05) is 18.4 Å². The molecule has 0 N–H and O–H groups in total. The molecule has 0 spiro atoms. The van der Waals surface area contributed by atoms with Crippen molar-refractivity contribution in [3.05, 3.63) is 35.4 Å². The lowest BCUT2D eigenvalue weighted by atomic mass is 10.1. The molecule has 60 valence electrons. The van der Waals surface area contributed by atoms with Crippen molar-refractivity contribution in [3.8, 4) is 0 Å². The van der Waals surface area contributed by atoms with E-state index < -0.39 is 0 Å². The van der Waals surface area contributed by atoms with Crippen molar-refractivity contribution >= 4 is 12.0 Å². The average Bonchev–Trinajstić information content (AvgIpc) is 2.03. The minimum Gasteiger partial charge on any atom is -0.311 e. The maximum atomic E-state index is 5.22. The topological polar surface area (TPSA) is 9.23 Å². The van der Waals surface area contributed by atoms with Crippen molar-refractivity contribution in [2.45, 2.75) is 13.5 Å². The van der Waals surface area contributed by atoms with E-state index in [1.54, 1.807) is 0 Å². The highest BCUT2D eigenvalue weighted by molar-refractivity contribution is 7.93. The Labute approximate surface area is 72.0 Å². The van der Waals surface area contributed by atoms with Gasteiger partial charge in [0.25, 0.3) is 0 Å². The Morgan fingerprint density at radius 3 is 2.73 bits per heavy atom. The van der Waals surface area contributed by atoms with Crippen LogP contribution in [0.4, 0.5) is 0 Å². The van der Waals surface area contributed by atoms with Gasteiger partial charge in [-0.2, -0.15) is 0 Å². The molecule has 11 heavy (non-hydrogen) atoms. The van der Waals surface area contributed by atoms with Crippen molar-refractivity contribution < 1.29 is 4.18 Å². The van der Waals surface area contributed by atoms with Crippen LogP contribution in [0.3, 0.4) is 0 Å². The van der Waals surface area contributed by atoms with Crippen LogP contribution >= 0.6 is 12.0 Å². The molecule has 0 aliphatic carbocycles. The van der Waals surface area contributed by atoms with Crippen molar-refractivity contribution in [1.29, 1.82) is 0 Å². The van der Waals surface area contributed by atoms with Crippen LogP contribution in [0.15, 0.2) is 24.3 Å². The lowest BCUT2D eigenvalue weighted by Gasteiger charge is -2.02. The van der Waals surface area contributed by atoms with Crippen LogP contribution in [-0.2, 0) is 10.8 Å². The summed E-state index contributed by atoms with van der Waals surface area (Å²) in [6.45, 7) is 2.80. The predicted octanol–water partition coefficient (Wildman–Crippen LogP) is 2.79. The van der Waals surface area contributed by atoms with Crippen LogP contribution in [-0.4, -0.2) is 6.26 Å². The van der Waals surface area contributed by atoms with Gasteiger partial charge in [0.15, 0.2) is 0 Å². The first kappa shape index (κ1) is 8.62. The highest BCUT2D eigenvalue weighted by atomic mass is 32.2. The third-order valence-electron chi connectivity index (χ3n) is 1.59. The molecule has 0 atom stereocenters. The van der Waals surface area contributed by atoms with Crippen molar-refractivity contribution in [1.82, 2.24) is 0 Å². The minimum absolute atomic E-state index is 0.702. The van der Waals surface area contributed by atoms with Crippen LogP contribution in [0.5, 0.6) is 0 Å². The maximum absolute atomic E-state index is 5.22. The molecule has 0 fully saturated rings. The van der Waals surface area contributed by atoms with Gasteiger partial charge in [-0.1, -0.05) is 24.3 Å². The van der Waals surface area contributed by atoms with E-state index in [4.69, 9.17) is 4.18 Å². The molecule has 1 rings (SSSR count). The third-order valence-corrected chi connectivity index (χ3v) is 1.95. The van der Waals surface area contributed by atoms with Crippen LogP contribution in [0, 0.1) is 6.92 Å². The van der Waals surface area contributed by atoms with Gasteiger partial charge in [0.1, 0.15) is 0 Å². The van der Waals surface area contributed by atoms with Crippen molar-refractivity contribution in [2.24, 2.45) is 0 Å². The van der Waals surface area contributed by atoms with Gasteiger partial charge in [0.05, 0.1) is 6.61 Å². The third kappa shape index (κ3) is 2.56. The first-order valence-electron chi connectivity index (χ1n) is 3.54. The minimum atomic E-state index is 0.702. The van der Waals surface area contributed by atoms with Gasteiger partial charge in [-0.3, -0.25) is 0 Å². The Morgan fingerprint density at radius 2 is 2.09 bits per heavy atom. The molecule has 0 aromatic heterocycles. The van der Waals surface area contributed by atoms with E-state index in [0.29, 0.717) is 6.61 Å². The fourth-order valence-corrected chi connectivity index (χ4v) is 1.14. The van der Waals surface area contributed by atoms with Gasteiger partial charge in [-0.25, -0.2) is 0 Å². The lowest BCUT2D eigenvalue weighted by Crippen LogP contribution is -1.88. The average molecular weight is 168 g/mol. The second kappa shape index (κ2) is 4.42. The molecule has 0 radical (unpaired) electrons. The summed E-state index contributed by atoms with van der Waals surface area (Å²) in [4.78, 5) is 0. The summed E-state index contributed by atoms with van der Waals surface area (Å²) in [5.74, 6) is 0. The van der Waals surface area contributed by atoms with Gasteiger partial charge in [-0.05, 0) is 30.1 Å². The Kier molecular flexibility index (Phi) is 3.46. The second-order valence-electron chi connectivity index (χ2n) is 2.36. The molecule has 0 unspecified atom stereocenters. The molecule has 1 aromatic rings. The molecule has 0 heterocycles. The molecule has 0 bridgehead atoms. The van der Waals surface area contributed by atoms with E-state index in [1.165, 1.54) is 23.2 Å². The molecule has 1 nitrogen and oxygen atoms in total. The zero-order valence-electron chi connectivity index (χ0n) is 6.83. The maximum Gasteiger partial charge on any atom is 0.0867 e. The largest absolute Gasteiger partial charge is 0.311 e. The molecule has 2 heteroatoms. The molecule has 0 aliphatic rings. The zero-order valence-corrected chi connectivity index (χ0v) is 7.65. The molecule has 0 saturated carbocycles. The van der Waals surface area contributed by atoms with E-state index in [0.717, 1.165) is 0 Å². The Balaban J connectivity index is 2.62. The van der Waals surface area contributed by atoms with Crippen molar-refractivity contribution in [3.63, 3.8) is 0 Å². The zero-order chi connectivity index (χ0) is 8.10. The summed E-state index contributed by atoms with van der Waals surface area (Å²) in [5, 5.41) is 0. The second-order valence-corrected chi connectivity index (χ2v) is 2.92. The summed E-state index contributed by atoms with van der Waals surface area (Å²) in [6.07, 6.45) is 1.93. The van der Waals surface area contributed by atoms with Crippen molar-refractivity contribution in [2.75, 3.05) is 6.26 Å². The monoisotopic (exact) mass is 168 g/mol. The summed E-state index contributed by atoms with van der Waals surface area (Å²) in [7, 11) is 0. The van der Waals surface area contributed by atoms with Gasteiger partial charge >= 0.3 is 0 Å². The van der Waals surface area contributed by atoms with Crippen LogP contribution in [0.2, 0.25) is 0 Å². The van der Waals surface area contributed by atoms with E-state index in [2.05, 4.69) is 19.1 Å². The highest BCUT2D eigenvalue weighted by Gasteiger charge is 1.94. The Morgan fingerprint density at radius 1 is 1.36 bits per heavy atom. The number of rotatable bonds is 3. The molecule has 0 aliphatic heterocycles. The molecule has 1 aromatic carbocycles. The molecule has 0 amide bonds. The van der Waals surface area contributed by atoms with E-state index in [9.17, 15) is 0 Å². The number of aryl methyl sites for hydroxylation is 1. The van der Waals surface area contributed by atoms with Gasteiger partial charge in [0.2, 0.25) is 0 Å². The molecular formula is C9H12OS. The normalized spacial score (nSPS) is 10.0. The van der Waals surface area contributed by atoms with E-state index in [-0.39, 0.29) is 0 Å². The SMILES string of the molecule is CSOCc1ccccc1C. The summed E-state index contributed by atoms with van der Waals surface area (Å²) < 4.78 is 5.22. The van der Waals surface area contributed by atoms with Crippen LogP contribution in [0.25, 0.3) is 0 Å². The first-order valence-corrected chi connectivity index (χ1v) is 4.69. The predicted molar refractivity (Wildman–Crippen MR) is 49.5 cm³/mol. The van der Waals surface area contributed by atoms with Gasteiger partial charge in [-0.15, -0.1) is 0 Å². The first-order chi connectivity index (χ1) is 5.34. The molecule has 0 saturated heterocycles. The fourth-order valence-electron chi connectivity index (χ4n) is 0.894. The Bertz CT molecular complexity index is 223. The van der Waals surface area contributed by atoms with Crippen LogP contribution < -0.4 is 0 Å². The van der Waals surface area contributed by atoms with Gasteiger partial charge in [0, 0.05) is 6.26 Å². The molecular weight excluding hydrogens is 156 g/mol. The quantitative estimate of drug-likeness (QED) is 0.642. The Hall–Kier alpha value is -0.470. The summed E-state index contributed by atoms with van der Waals surface area (Å²) >= 11 is 1.41. The summed E-state index contributed by atoms with van der Waals surface area (Å²) in [6, 6.07) is 8.26. The van der Waals surface area contributed by atoms with Crippen LogP contribution in [0.1, 0.15) is 11.1 Å². The number of hydrogen-bond acceptors (Lipinski definition) is 2. The fraction of sp³-hybridized carbons (Fsp3) is 0.333. The number of hydrogen-bond donors (Lipinski definition) is 0. The smallest absolute Gasteiger partial charge is 0.0867 e. The number of benzene rings is 1.